The molecule has 11 nitrogen and oxygen atoms in total. The van der Waals surface area contributed by atoms with Crippen molar-refractivity contribution >= 4 is 39.1 Å². The number of halogens is 5. The van der Waals surface area contributed by atoms with Crippen molar-refractivity contribution in [3.63, 3.8) is 0 Å². The summed E-state index contributed by atoms with van der Waals surface area (Å²) >= 11 is 1.04. The van der Waals surface area contributed by atoms with Crippen molar-refractivity contribution in [2.24, 2.45) is 0 Å². The zero-order valence-corrected chi connectivity index (χ0v) is 26.5. The summed E-state index contributed by atoms with van der Waals surface area (Å²) in [4.78, 5) is 30.0. The van der Waals surface area contributed by atoms with E-state index in [1.165, 1.54) is 20.5 Å². The SMILES string of the molecule is CCOC(=O)CCN1CCN(c2ncnc(Nc3nc(-c4cc(F)cc(C(F)(F)F)c4)c(N(CCOC)CCOC)s3)c2F)CC1. The number of ether oxygens (including phenoxy) is 3. The topological polar surface area (TPSA) is 105 Å². The molecule has 46 heavy (non-hydrogen) atoms. The lowest BCUT2D eigenvalue weighted by molar-refractivity contribution is -0.143. The van der Waals surface area contributed by atoms with Gasteiger partial charge in [0.05, 0.1) is 31.8 Å². The molecule has 0 spiro atoms. The number of nitrogens with one attached hydrogen (secondary N) is 1. The first-order chi connectivity index (χ1) is 22.0. The van der Waals surface area contributed by atoms with Gasteiger partial charge in [0.1, 0.15) is 22.8 Å². The summed E-state index contributed by atoms with van der Waals surface area (Å²) in [5, 5.41) is 3.38. The number of thiazole rings is 1. The van der Waals surface area contributed by atoms with Gasteiger partial charge in [0.15, 0.2) is 16.8 Å². The van der Waals surface area contributed by atoms with E-state index in [0.29, 0.717) is 63.5 Å². The summed E-state index contributed by atoms with van der Waals surface area (Å²) in [6.45, 7) is 5.89. The third kappa shape index (κ3) is 9.20. The highest BCUT2D eigenvalue weighted by molar-refractivity contribution is 7.20. The first-order valence-corrected chi connectivity index (χ1v) is 15.4. The minimum absolute atomic E-state index is 0.0679. The summed E-state index contributed by atoms with van der Waals surface area (Å²) < 4.78 is 86.4. The van der Waals surface area contributed by atoms with E-state index in [1.54, 1.807) is 16.7 Å². The van der Waals surface area contributed by atoms with Crippen LogP contribution in [0.1, 0.15) is 18.9 Å². The minimum atomic E-state index is -4.78. The molecule has 1 N–H and O–H groups in total. The molecule has 0 saturated carbocycles. The maximum absolute atomic E-state index is 15.8. The van der Waals surface area contributed by atoms with Gasteiger partial charge >= 0.3 is 12.1 Å². The number of hydrogen-bond acceptors (Lipinski definition) is 12. The van der Waals surface area contributed by atoms with Crippen LogP contribution in [0.15, 0.2) is 24.5 Å². The number of esters is 1. The van der Waals surface area contributed by atoms with Crippen molar-refractivity contribution in [3.8, 4) is 11.3 Å². The second-order valence-corrected chi connectivity index (χ2v) is 11.2. The normalized spacial score (nSPS) is 14.0. The second kappa shape index (κ2) is 16.2. The van der Waals surface area contributed by atoms with Crippen LogP contribution in [0, 0.1) is 11.6 Å². The molecule has 2 aromatic heterocycles. The highest BCUT2D eigenvalue weighted by atomic mass is 32.1. The number of hydrogen-bond donors (Lipinski definition) is 1. The third-order valence-corrected chi connectivity index (χ3v) is 8.16. The van der Waals surface area contributed by atoms with E-state index in [1.807, 2.05) is 0 Å². The fourth-order valence-corrected chi connectivity index (χ4v) is 5.85. The molecule has 0 amide bonds. The summed E-state index contributed by atoms with van der Waals surface area (Å²) in [6, 6.07) is 2.21. The van der Waals surface area contributed by atoms with E-state index in [0.717, 1.165) is 23.5 Å². The van der Waals surface area contributed by atoms with Crippen LogP contribution < -0.4 is 15.1 Å². The number of carbonyl (C=O) groups is 1. The Morgan fingerprint density at radius 2 is 1.74 bits per heavy atom. The summed E-state index contributed by atoms with van der Waals surface area (Å²) in [5.41, 5.74) is -1.20. The molecular weight excluding hydrogens is 637 g/mol. The van der Waals surface area contributed by atoms with Crippen LogP contribution in [0.2, 0.25) is 0 Å². The number of alkyl halides is 3. The van der Waals surface area contributed by atoms with E-state index in [2.05, 4.69) is 25.2 Å². The zero-order valence-electron chi connectivity index (χ0n) is 25.7. The summed E-state index contributed by atoms with van der Waals surface area (Å²) in [5.74, 6) is -2.19. The Morgan fingerprint density at radius 1 is 1.04 bits per heavy atom. The van der Waals surface area contributed by atoms with Crippen LogP contribution in [-0.4, -0.2) is 106 Å². The van der Waals surface area contributed by atoms with Gasteiger partial charge < -0.3 is 29.3 Å². The van der Waals surface area contributed by atoms with Crippen LogP contribution in [0.25, 0.3) is 11.3 Å². The Bertz CT molecular complexity index is 1450. The van der Waals surface area contributed by atoms with Crippen molar-refractivity contribution in [2.45, 2.75) is 19.5 Å². The maximum Gasteiger partial charge on any atom is 0.416 e. The lowest BCUT2D eigenvalue weighted by Gasteiger charge is -2.35. The lowest BCUT2D eigenvalue weighted by Crippen LogP contribution is -2.47. The Morgan fingerprint density at radius 3 is 2.37 bits per heavy atom. The van der Waals surface area contributed by atoms with Gasteiger partial charge in [-0.15, -0.1) is 0 Å². The van der Waals surface area contributed by atoms with Gasteiger partial charge in [-0.25, -0.2) is 19.3 Å². The Hall–Kier alpha value is -3.67. The number of anilines is 4. The fourth-order valence-electron chi connectivity index (χ4n) is 4.81. The lowest BCUT2D eigenvalue weighted by atomic mass is 10.1. The molecule has 0 atom stereocenters. The van der Waals surface area contributed by atoms with Crippen molar-refractivity contribution in [1.29, 1.82) is 0 Å². The molecular formula is C29H36F5N7O4S. The van der Waals surface area contributed by atoms with Gasteiger partial charge in [-0.1, -0.05) is 11.3 Å². The highest BCUT2D eigenvalue weighted by Crippen LogP contribution is 2.42. The molecule has 1 aromatic carbocycles. The van der Waals surface area contributed by atoms with Gasteiger partial charge in [0.25, 0.3) is 0 Å². The summed E-state index contributed by atoms with van der Waals surface area (Å²) in [7, 11) is 3.02. The number of benzene rings is 1. The van der Waals surface area contributed by atoms with Crippen molar-refractivity contribution in [3.05, 3.63) is 41.7 Å². The largest absolute Gasteiger partial charge is 0.466 e. The van der Waals surface area contributed by atoms with Crippen LogP contribution in [0.3, 0.4) is 0 Å². The quantitative estimate of drug-likeness (QED) is 0.178. The van der Waals surface area contributed by atoms with Gasteiger partial charge in [-0.2, -0.15) is 17.6 Å². The van der Waals surface area contributed by atoms with Crippen LogP contribution >= 0.6 is 11.3 Å². The number of rotatable bonds is 15. The highest BCUT2D eigenvalue weighted by Gasteiger charge is 2.32. The number of nitrogens with zero attached hydrogens (tertiary/aromatic N) is 6. The van der Waals surface area contributed by atoms with E-state index in [9.17, 15) is 22.4 Å². The van der Waals surface area contributed by atoms with E-state index < -0.39 is 23.4 Å². The first kappa shape index (κ1) is 35.2. The van der Waals surface area contributed by atoms with E-state index in [4.69, 9.17) is 14.2 Å². The molecule has 0 radical (unpaired) electrons. The Labute approximate surface area is 267 Å². The van der Waals surface area contributed by atoms with Gasteiger partial charge in [-0.05, 0) is 25.1 Å². The van der Waals surface area contributed by atoms with Crippen molar-refractivity contribution < 1.29 is 41.0 Å². The second-order valence-electron chi connectivity index (χ2n) is 10.2. The standard InChI is InChI=1S/C29H36F5N7O4S/c1-4-45-22(42)5-6-39-7-9-40(10-8-39)26-23(31)25(35-18-36-26)38-28-37-24(19-15-20(29(32,33)34)17-21(30)16-19)27(46-28)41(11-13-43-2)12-14-44-3/h15-18H,4-14H2,1-3H3,(H,35,36,37,38). The molecule has 3 aromatic rings. The van der Waals surface area contributed by atoms with Crippen LogP contribution in [0.5, 0.6) is 0 Å². The van der Waals surface area contributed by atoms with E-state index in [-0.39, 0.29) is 53.6 Å². The molecule has 1 aliphatic rings. The molecule has 17 heteroatoms. The number of piperazine rings is 1. The number of carbonyl (C=O) groups excluding carboxylic acids is 1. The molecule has 0 aliphatic carbocycles. The monoisotopic (exact) mass is 673 g/mol. The van der Waals surface area contributed by atoms with E-state index >= 15 is 4.39 Å². The van der Waals surface area contributed by atoms with Gasteiger partial charge in [0.2, 0.25) is 5.82 Å². The van der Waals surface area contributed by atoms with Crippen LogP contribution in [-0.2, 0) is 25.2 Å². The predicted octanol–water partition coefficient (Wildman–Crippen LogP) is 4.82. The summed E-state index contributed by atoms with van der Waals surface area (Å²) in [6.07, 6.45) is -3.31. The minimum Gasteiger partial charge on any atom is -0.466 e. The van der Waals surface area contributed by atoms with Gasteiger partial charge in [-0.3, -0.25) is 9.69 Å². The van der Waals surface area contributed by atoms with Gasteiger partial charge in [0, 0.05) is 65.6 Å². The Kier molecular flexibility index (Phi) is 12.4. The van der Waals surface area contributed by atoms with Crippen molar-refractivity contribution in [2.75, 3.05) is 95.0 Å². The molecule has 1 fully saturated rings. The van der Waals surface area contributed by atoms with Crippen LogP contribution in [0.4, 0.5) is 43.7 Å². The number of methoxy groups -OCH3 is 2. The Balaban J connectivity index is 1.61. The molecule has 0 unspecified atom stereocenters. The molecule has 252 valence electrons. The molecule has 1 saturated heterocycles. The average molecular weight is 674 g/mol. The van der Waals surface area contributed by atoms with Crippen molar-refractivity contribution in [1.82, 2.24) is 19.9 Å². The third-order valence-electron chi connectivity index (χ3n) is 7.13. The average Bonchev–Trinajstić information content (AvgIpc) is 3.44. The molecule has 3 heterocycles. The maximum atomic E-state index is 15.8. The molecule has 4 rings (SSSR count). The molecule has 1 aliphatic heterocycles. The first-order valence-electron chi connectivity index (χ1n) is 14.6. The molecule has 0 bridgehead atoms. The smallest absolute Gasteiger partial charge is 0.416 e. The predicted molar refractivity (Wildman–Crippen MR) is 164 cm³/mol. The fraction of sp³-hybridized carbons (Fsp3) is 0.517. The number of aromatic nitrogens is 3. The zero-order chi connectivity index (χ0) is 33.3.